The van der Waals surface area contributed by atoms with E-state index in [4.69, 9.17) is 4.74 Å². The molecule has 1 N–H and O–H groups in total. The molecule has 2 fully saturated rings. The number of aromatic nitrogens is 4. The van der Waals surface area contributed by atoms with Crippen molar-refractivity contribution in [1.82, 2.24) is 24.6 Å². The van der Waals surface area contributed by atoms with E-state index in [1.165, 1.54) is 12.4 Å². The van der Waals surface area contributed by atoms with Crippen molar-refractivity contribution in [2.45, 2.75) is 109 Å². The number of ether oxygens (including phenoxy) is 1. The molecule has 0 bridgehead atoms. The predicted molar refractivity (Wildman–Crippen MR) is 174 cm³/mol. The van der Waals surface area contributed by atoms with E-state index in [9.17, 15) is 41.0 Å². The number of anilines is 1. The first kappa shape index (κ1) is 37.9. The number of likely N-dealkylation sites (tertiary alicyclic amines) is 1. The zero-order chi connectivity index (χ0) is 37.5. The molecule has 51 heavy (non-hydrogen) atoms. The number of carbonyl (C=O) groups is 2. The second-order valence-electron chi connectivity index (χ2n) is 14.1. The smallest absolute Gasteiger partial charge is 0.416 e. The molecule has 16 heteroatoms. The Morgan fingerprint density at radius 3 is 1.88 bits per heavy atom. The Bertz CT molecular complexity index is 1660. The number of rotatable bonds is 10. The van der Waals surface area contributed by atoms with Crippen LogP contribution in [-0.2, 0) is 35.5 Å². The highest BCUT2D eigenvalue weighted by atomic mass is 19.4. The van der Waals surface area contributed by atoms with Gasteiger partial charge in [0.2, 0.25) is 5.95 Å². The van der Waals surface area contributed by atoms with Gasteiger partial charge in [-0.15, -0.1) is 0 Å². The Morgan fingerprint density at radius 2 is 1.43 bits per heavy atom. The lowest BCUT2D eigenvalue weighted by atomic mass is 9.66. The van der Waals surface area contributed by atoms with Crippen molar-refractivity contribution in [3.8, 4) is 11.1 Å². The zero-order valence-corrected chi connectivity index (χ0v) is 29.0. The number of amides is 1. The second kappa shape index (κ2) is 14.3. The molecule has 1 amide bonds. The first-order valence-corrected chi connectivity index (χ1v) is 16.9. The van der Waals surface area contributed by atoms with E-state index in [1.54, 1.807) is 47.8 Å². The van der Waals surface area contributed by atoms with Crippen molar-refractivity contribution >= 4 is 18.0 Å². The Kier molecular flexibility index (Phi) is 10.6. The van der Waals surface area contributed by atoms with E-state index >= 15 is 0 Å². The molecule has 3 heterocycles. The monoisotopic (exact) mass is 724 g/mol. The van der Waals surface area contributed by atoms with Crippen LogP contribution in [0.3, 0.4) is 0 Å². The summed E-state index contributed by atoms with van der Waals surface area (Å²) in [5.74, 6) is -0.952. The van der Waals surface area contributed by atoms with Crippen molar-refractivity contribution in [2.24, 2.45) is 18.4 Å². The van der Waals surface area contributed by atoms with Crippen LogP contribution >= 0.6 is 0 Å². The SMILES string of the molecule is CCC1CC(N(Cc2cc(C(F)(F)F)cc(C(F)(F)F)c2)c2ncc(-c3cnn(C)c3)cn2)CC(CC)N1C(=O)OC1CC(C(C)(C)C(=O)O)C1. The minimum Gasteiger partial charge on any atom is -0.481 e. The Hall–Kier alpha value is -4.37. The number of halogens is 6. The fourth-order valence-corrected chi connectivity index (χ4v) is 7.02. The van der Waals surface area contributed by atoms with E-state index in [-0.39, 0.29) is 42.1 Å². The number of nitrogens with zero attached hydrogens (tertiary/aromatic N) is 6. The maximum Gasteiger partial charge on any atom is 0.416 e. The average Bonchev–Trinajstić information content (AvgIpc) is 3.49. The Morgan fingerprint density at radius 1 is 0.882 bits per heavy atom. The van der Waals surface area contributed by atoms with Gasteiger partial charge in [0, 0.05) is 61.4 Å². The van der Waals surface area contributed by atoms with E-state index in [2.05, 4.69) is 15.1 Å². The first-order valence-electron chi connectivity index (χ1n) is 16.9. The molecular formula is C35H42F6N6O4. The van der Waals surface area contributed by atoms with Gasteiger partial charge in [0.05, 0.1) is 22.7 Å². The molecule has 1 aromatic carbocycles. The molecule has 0 spiro atoms. The van der Waals surface area contributed by atoms with Gasteiger partial charge in [-0.1, -0.05) is 13.8 Å². The molecule has 5 rings (SSSR count). The van der Waals surface area contributed by atoms with Gasteiger partial charge in [0.1, 0.15) is 6.10 Å². The van der Waals surface area contributed by atoms with Gasteiger partial charge in [-0.25, -0.2) is 14.8 Å². The number of aliphatic carboxylic acids is 1. The number of carboxylic acids is 1. The standard InChI is InChI=1S/C35H42F6N6O4/c1-6-26-13-28(14-27(7-2)47(26)32(50)51-29-11-23(12-29)33(3,4)30(48)49)46(31-42-15-21(16-43-31)22-17-44-45(5)19-22)18-20-8-24(34(36,37)38)10-25(9-20)35(39,40)41/h8-10,15-17,19,23,26-29H,6-7,11-14,18H2,1-5H3,(H,48,49). The summed E-state index contributed by atoms with van der Waals surface area (Å²) in [5, 5.41) is 13.7. The lowest BCUT2D eigenvalue weighted by molar-refractivity contribution is -0.155. The number of carbonyl (C=O) groups excluding carboxylic acids is 1. The highest BCUT2D eigenvalue weighted by Gasteiger charge is 2.48. The fraction of sp³-hybridized carbons (Fsp3) is 0.571. The molecule has 3 aromatic rings. The van der Waals surface area contributed by atoms with Gasteiger partial charge in [-0.2, -0.15) is 31.4 Å². The molecule has 10 nitrogen and oxygen atoms in total. The van der Waals surface area contributed by atoms with Crippen LogP contribution in [0.4, 0.5) is 37.1 Å². The Balaban J connectivity index is 1.44. The average molecular weight is 725 g/mol. The zero-order valence-electron chi connectivity index (χ0n) is 29.0. The van der Waals surface area contributed by atoms with Crippen molar-refractivity contribution in [2.75, 3.05) is 4.90 Å². The van der Waals surface area contributed by atoms with Crippen LogP contribution in [0.15, 0.2) is 43.0 Å². The van der Waals surface area contributed by atoms with E-state index in [1.807, 2.05) is 13.8 Å². The number of carboxylic acid groups (broad SMARTS) is 1. The second-order valence-corrected chi connectivity index (χ2v) is 14.1. The molecule has 2 unspecified atom stereocenters. The highest BCUT2D eigenvalue weighted by Crippen LogP contribution is 2.44. The van der Waals surface area contributed by atoms with Crippen LogP contribution < -0.4 is 4.90 Å². The van der Waals surface area contributed by atoms with Crippen LogP contribution in [-0.4, -0.2) is 66.0 Å². The van der Waals surface area contributed by atoms with Gasteiger partial charge in [0.25, 0.3) is 0 Å². The number of piperidine rings is 1. The summed E-state index contributed by atoms with van der Waals surface area (Å²) < 4.78 is 90.4. The molecule has 2 aromatic heterocycles. The largest absolute Gasteiger partial charge is 0.481 e. The maximum absolute atomic E-state index is 13.8. The van der Waals surface area contributed by atoms with E-state index < -0.39 is 53.1 Å². The molecule has 2 aliphatic rings. The quantitative estimate of drug-likeness (QED) is 0.210. The van der Waals surface area contributed by atoms with Crippen LogP contribution in [0.5, 0.6) is 0 Å². The third kappa shape index (κ3) is 8.25. The highest BCUT2D eigenvalue weighted by molar-refractivity contribution is 5.74. The van der Waals surface area contributed by atoms with Crippen molar-refractivity contribution in [3.63, 3.8) is 0 Å². The van der Waals surface area contributed by atoms with Gasteiger partial charge in [0.15, 0.2) is 0 Å². The maximum atomic E-state index is 13.8. The fourth-order valence-electron chi connectivity index (χ4n) is 7.02. The lowest BCUT2D eigenvalue weighted by Crippen LogP contribution is -2.58. The van der Waals surface area contributed by atoms with Gasteiger partial charge in [-0.3, -0.25) is 9.48 Å². The van der Waals surface area contributed by atoms with Crippen LogP contribution in [0.2, 0.25) is 0 Å². The Labute approximate surface area is 291 Å². The summed E-state index contributed by atoms with van der Waals surface area (Å²) in [5.41, 5.74) is -2.67. The molecule has 1 saturated heterocycles. The van der Waals surface area contributed by atoms with Crippen molar-refractivity contribution < 1.29 is 45.8 Å². The number of aryl methyl sites for hydroxylation is 1. The lowest BCUT2D eigenvalue weighted by Gasteiger charge is -2.49. The summed E-state index contributed by atoms with van der Waals surface area (Å²) in [6.45, 7) is 6.72. The van der Waals surface area contributed by atoms with E-state index in [0.29, 0.717) is 56.2 Å². The van der Waals surface area contributed by atoms with Gasteiger partial charge >= 0.3 is 24.4 Å². The van der Waals surface area contributed by atoms with Gasteiger partial charge < -0.3 is 19.6 Å². The minimum atomic E-state index is -5.02. The van der Waals surface area contributed by atoms with Crippen molar-refractivity contribution in [1.29, 1.82) is 0 Å². The topological polar surface area (TPSA) is 114 Å². The molecule has 0 radical (unpaired) electrons. The third-order valence-corrected chi connectivity index (χ3v) is 10.3. The van der Waals surface area contributed by atoms with Crippen LogP contribution in [0.25, 0.3) is 11.1 Å². The summed E-state index contributed by atoms with van der Waals surface area (Å²) in [6.07, 6.45) is -2.09. The molecular weight excluding hydrogens is 682 g/mol. The minimum absolute atomic E-state index is 0.102. The van der Waals surface area contributed by atoms with Crippen molar-refractivity contribution in [3.05, 3.63) is 59.7 Å². The summed E-state index contributed by atoms with van der Waals surface area (Å²) in [4.78, 5) is 37.6. The van der Waals surface area contributed by atoms with E-state index in [0.717, 1.165) is 5.56 Å². The van der Waals surface area contributed by atoms with Crippen LogP contribution in [0, 0.1) is 11.3 Å². The first-order chi connectivity index (χ1) is 23.8. The van der Waals surface area contributed by atoms with Crippen LogP contribution in [0.1, 0.15) is 82.9 Å². The summed E-state index contributed by atoms with van der Waals surface area (Å²) in [6, 6.07) is 0.301. The summed E-state index contributed by atoms with van der Waals surface area (Å²) >= 11 is 0. The number of benzene rings is 1. The molecule has 2 atom stereocenters. The predicted octanol–water partition coefficient (Wildman–Crippen LogP) is 7.97. The number of alkyl halides is 6. The number of hydrogen-bond acceptors (Lipinski definition) is 7. The molecule has 1 aliphatic carbocycles. The normalized spacial score (nSPS) is 22.7. The molecule has 278 valence electrons. The van der Waals surface area contributed by atoms with Gasteiger partial charge in [-0.05, 0) is 82.1 Å². The molecule has 1 aliphatic heterocycles. The number of hydrogen-bond donors (Lipinski definition) is 1. The summed E-state index contributed by atoms with van der Waals surface area (Å²) in [7, 11) is 1.74. The third-order valence-electron chi connectivity index (χ3n) is 10.3. The molecule has 1 saturated carbocycles.